The molecule has 0 aliphatic rings. The Bertz CT molecular complexity index is 825. The molecule has 0 aromatic carbocycles. The third kappa shape index (κ3) is 3.52. The largest absolute Gasteiger partial charge is 0.387 e. The van der Waals surface area contributed by atoms with Crippen LogP contribution in [0.3, 0.4) is 0 Å². The van der Waals surface area contributed by atoms with Gasteiger partial charge in [-0.3, -0.25) is 4.79 Å². The summed E-state index contributed by atoms with van der Waals surface area (Å²) in [5.41, 5.74) is 3.14. The third-order valence-electron chi connectivity index (χ3n) is 3.62. The summed E-state index contributed by atoms with van der Waals surface area (Å²) in [5.74, 6) is 0.396. The monoisotopic (exact) mass is 342 g/mol. The Kier molecular flexibility index (Phi) is 4.73. The van der Waals surface area contributed by atoms with Gasteiger partial charge in [0.2, 0.25) is 0 Å². The summed E-state index contributed by atoms with van der Waals surface area (Å²) in [5, 5.41) is 20.8. The molecule has 0 radical (unpaired) electrons. The number of nitrogens with zero attached hydrogens (tertiary/aromatic N) is 3. The molecule has 124 valence electrons. The van der Waals surface area contributed by atoms with Gasteiger partial charge in [-0.1, -0.05) is 0 Å². The predicted molar refractivity (Wildman–Crippen MR) is 92.4 cm³/mol. The topological polar surface area (TPSA) is 80.0 Å². The van der Waals surface area contributed by atoms with Crippen molar-refractivity contribution >= 4 is 17.2 Å². The summed E-state index contributed by atoms with van der Waals surface area (Å²) in [4.78, 5) is 16.5. The Morgan fingerprint density at radius 1 is 1.38 bits per heavy atom. The molecule has 0 spiro atoms. The number of carbonyl (C=O) groups excluding carboxylic acids is 1. The van der Waals surface area contributed by atoms with Gasteiger partial charge < -0.3 is 10.4 Å². The molecule has 0 saturated carbocycles. The Morgan fingerprint density at radius 2 is 2.21 bits per heavy atom. The molecule has 0 aliphatic carbocycles. The second-order valence-corrected chi connectivity index (χ2v) is 6.31. The van der Waals surface area contributed by atoms with Crippen LogP contribution in [0.15, 0.2) is 41.2 Å². The van der Waals surface area contributed by atoms with Crippen LogP contribution < -0.4 is 5.32 Å². The quantitative estimate of drug-likeness (QED) is 0.746. The highest BCUT2D eigenvalue weighted by molar-refractivity contribution is 7.07. The van der Waals surface area contributed by atoms with Crippen molar-refractivity contribution in [3.8, 4) is 5.82 Å². The minimum absolute atomic E-state index is 0.161. The normalized spacial score (nSPS) is 12.1. The number of pyridine rings is 1. The number of hydrogen-bond donors (Lipinski definition) is 2. The summed E-state index contributed by atoms with van der Waals surface area (Å²) in [6.07, 6.45) is 0.806. The van der Waals surface area contributed by atoms with Gasteiger partial charge in [0.05, 0.1) is 17.4 Å². The van der Waals surface area contributed by atoms with Gasteiger partial charge in [-0.05, 0) is 54.4 Å². The van der Waals surface area contributed by atoms with Gasteiger partial charge in [-0.15, -0.1) is 0 Å². The van der Waals surface area contributed by atoms with Gasteiger partial charge in [-0.2, -0.15) is 16.4 Å². The van der Waals surface area contributed by atoms with Crippen molar-refractivity contribution in [3.05, 3.63) is 63.7 Å². The van der Waals surface area contributed by atoms with Crippen LogP contribution >= 0.6 is 11.3 Å². The van der Waals surface area contributed by atoms with E-state index in [2.05, 4.69) is 15.4 Å². The summed E-state index contributed by atoms with van der Waals surface area (Å²) < 4.78 is 1.73. The number of amides is 1. The van der Waals surface area contributed by atoms with E-state index in [0.717, 1.165) is 17.0 Å². The van der Waals surface area contributed by atoms with E-state index in [0.29, 0.717) is 11.4 Å². The highest BCUT2D eigenvalue weighted by Gasteiger charge is 2.12. The molecule has 24 heavy (non-hydrogen) atoms. The highest BCUT2D eigenvalue weighted by atomic mass is 32.1. The van der Waals surface area contributed by atoms with Crippen molar-refractivity contribution < 1.29 is 9.90 Å². The maximum absolute atomic E-state index is 12.2. The molecule has 1 atom stereocenters. The number of aliphatic hydroxyl groups is 1. The molecule has 3 aromatic heterocycles. The van der Waals surface area contributed by atoms with Crippen LogP contribution in [0.4, 0.5) is 0 Å². The molecule has 0 bridgehead atoms. The molecule has 7 heteroatoms. The van der Waals surface area contributed by atoms with Gasteiger partial charge in [0, 0.05) is 18.4 Å². The molecular formula is C17H18N4O2S. The first-order chi connectivity index (χ1) is 11.5. The number of hydrogen-bond acceptors (Lipinski definition) is 5. The summed E-state index contributed by atoms with van der Waals surface area (Å²) in [6, 6.07) is 7.26. The van der Waals surface area contributed by atoms with Gasteiger partial charge in [-0.25, -0.2) is 9.67 Å². The van der Waals surface area contributed by atoms with E-state index in [-0.39, 0.29) is 12.5 Å². The first-order valence-corrected chi connectivity index (χ1v) is 8.47. The molecule has 2 N–H and O–H groups in total. The van der Waals surface area contributed by atoms with Crippen molar-refractivity contribution in [1.29, 1.82) is 0 Å². The fourth-order valence-corrected chi connectivity index (χ4v) is 3.09. The van der Waals surface area contributed by atoms with Gasteiger partial charge >= 0.3 is 0 Å². The van der Waals surface area contributed by atoms with Crippen LogP contribution in [0, 0.1) is 13.8 Å². The van der Waals surface area contributed by atoms with Crippen LogP contribution in [0.25, 0.3) is 5.82 Å². The number of aryl methyl sites for hydroxylation is 2. The maximum atomic E-state index is 12.2. The standard InChI is InChI=1S/C17H18N4O2S/c1-11-7-12(2)21(20-11)16-4-3-13(8-18-16)17(23)19-9-15(22)14-5-6-24-10-14/h3-8,10,15,22H,9H2,1-2H3,(H,19,23). The first kappa shape index (κ1) is 16.4. The Balaban J connectivity index is 1.65. The minimum Gasteiger partial charge on any atom is -0.387 e. The van der Waals surface area contributed by atoms with Gasteiger partial charge in [0.15, 0.2) is 5.82 Å². The number of aliphatic hydroxyl groups excluding tert-OH is 1. The van der Waals surface area contributed by atoms with Crippen LogP contribution in [-0.4, -0.2) is 32.3 Å². The number of rotatable bonds is 5. The number of nitrogens with one attached hydrogen (secondary N) is 1. The van der Waals surface area contributed by atoms with Crippen LogP contribution in [0.2, 0.25) is 0 Å². The Morgan fingerprint density at radius 3 is 2.79 bits per heavy atom. The zero-order valence-corrected chi connectivity index (χ0v) is 14.2. The lowest BCUT2D eigenvalue weighted by atomic mass is 10.2. The molecule has 6 nitrogen and oxygen atoms in total. The third-order valence-corrected chi connectivity index (χ3v) is 4.32. The van der Waals surface area contributed by atoms with Crippen molar-refractivity contribution in [2.45, 2.75) is 20.0 Å². The van der Waals surface area contributed by atoms with Crippen molar-refractivity contribution in [2.75, 3.05) is 6.54 Å². The summed E-state index contributed by atoms with van der Waals surface area (Å²) >= 11 is 1.51. The van der Waals surface area contributed by atoms with E-state index in [9.17, 15) is 9.90 Å². The Hall–Kier alpha value is -2.51. The zero-order chi connectivity index (χ0) is 17.1. The summed E-state index contributed by atoms with van der Waals surface area (Å²) in [6.45, 7) is 4.03. The van der Waals surface area contributed by atoms with Crippen LogP contribution in [0.5, 0.6) is 0 Å². The van der Waals surface area contributed by atoms with Crippen molar-refractivity contribution in [3.63, 3.8) is 0 Å². The number of carbonyl (C=O) groups is 1. The minimum atomic E-state index is -0.706. The molecule has 0 fully saturated rings. The molecular weight excluding hydrogens is 324 g/mol. The first-order valence-electron chi connectivity index (χ1n) is 7.52. The predicted octanol–water partition coefficient (Wildman–Crippen LogP) is 2.41. The van der Waals surface area contributed by atoms with Crippen molar-refractivity contribution in [2.24, 2.45) is 0 Å². The van der Waals surface area contributed by atoms with E-state index >= 15 is 0 Å². The van der Waals surface area contributed by atoms with Gasteiger partial charge in [0.1, 0.15) is 0 Å². The molecule has 0 saturated heterocycles. The second kappa shape index (κ2) is 6.94. The van der Waals surface area contributed by atoms with Crippen molar-refractivity contribution in [1.82, 2.24) is 20.1 Å². The van der Waals surface area contributed by atoms with E-state index < -0.39 is 6.10 Å². The zero-order valence-electron chi connectivity index (χ0n) is 13.4. The number of aromatic nitrogens is 3. The average molecular weight is 342 g/mol. The smallest absolute Gasteiger partial charge is 0.252 e. The van der Waals surface area contributed by atoms with E-state index in [1.165, 1.54) is 17.5 Å². The molecule has 3 rings (SSSR count). The summed E-state index contributed by atoms with van der Waals surface area (Å²) in [7, 11) is 0. The average Bonchev–Trinajstić information content (AvgIpc) is 3.22. The lowest BCUT2D eigenvalue weighted by molar-refractivity contribution is 0.0916. The SMILES string of the molecule is Cc1cc(C)n(-c2ccc(C(=O)NCC(O)c3ccsc3)cn2)n1. The molecule has 0 aliphatic heterocycles. The molecule has 3 aromatic rings. The Labute approximate surface area is 143 Å². The van der Waals surface area contributed by atoms with Crippen LogP contribution in [0.1, 0.15) is 33.4 Å². The molecule has 3 heterocycles. The highest BCUT2D eigenvalue weighted by Crippen LogP contribution is 2.15. The van der Waals surface area contributed by atoms with Crippen LogP contribution in [-0.2, 0) is 0 Å². The number of thiophene rings is 1. The van der Waals surface area contributed by atoms with E-state index in [4.69, 9.17) is 0 Å². The maximum Gasteiger partial charge on any atom is 0.252 e. The van der Waals surface area contributed by atoms with E-state index in [1.807, 2.05) is 36.7 Å². The second-order valence-electron chi connectivity index (χ2n) is 5.53. The molecule has 1 unspecified atom stereocenters. The lowest BCUT2D eigenvalue weighted by Gasteiger charge is -2.11. The fraction of sp³-hybridized carbons (Fsp3) is 0.235. The lowest BCUT2D eigenvalue weighted by Crippen LogP contribution is -2.28. The van der Waals surface area contributed by atoms with Gasteiger partial charge in [0.25, 0.3) is 5.91 Å². The van der Waals surface area contributed by atoms with E-state index in [1.54, 1.807) is 16.8 Å². The fourth-order valence-electron chi connectivity index (χ4n) is 2.38. The molecule has 1 amide bonds.